The number of aliphatic imine (C=N–C) groups is 1. The minimum atomic E-state index is 0. The summed E-state index contributed by atoms with van der Waals surface area (Å²) >= 11 is 0. The maximum atomic E-state index is 5.86. The van der Waals surface area contributed by atoms with E-state index >= 15 is 0 Å². The van der Waals surface area contributed by atoms with Crippen LogP contribution in [0.4, 0.5) is 0 Å². The van der Waals surface area contributed by atoms with Crippen LogP contribution in [0.1, 0.15) is 24.5 Å². The molecule has 0 saturated carbocycles. The fraction of sp³-hybridized carbons (Fsp3) is 0.588. The summed E-state index contributed by atoms with van der Waals surface area (Å²) in [6, 6.07) is 4.19. The van der Waals surface area contributed by atoms with Gasteiger partial charge in [-0.2, -0.15) is 0 Å². The van der Waals surface area contributed by atoms with E-state index in [-0.39, 0.29) is 30.0 Å². The van der Waals surface area contributed by atoms with Crippen molar-refractivity contribution in [2.45, 2.75) is 19.9 Å². The molecule has 1 fully saturated rings. The van der Waals surface area contributed by atoms with Gasteiger partial charge in [0.2, 0.25) is 0 Å². The van der Waals surface area contributed by atoms with Crippen molar-refractivity contribution in [3.8, 4) is 0 Å². The summed E-state index contributed by atoms with van der Waals surface area (Å²) in [5.41, 5.74) is 0. The van der Waals surface area contributed by atoms with Gasteiger partial charge in [-0.25, -0.2) is 0 Å². The first kappa shape index (κ1) is 21.0. The lowest BCUT2D eigenvalue weighted by molar-refractivity contribution is 0.0135. The molecular weight excluding hydrogens is 419 g/mol. The van der Waals surface area contributed by atoms with Gasteiger partial charge in [-0.1, -0.05) is 6.08 Å². The van der Waals surface area contributed by atoms with E-state index in [0.29, 0.717) is 13.1 Å². The van der Waals surface area contributed by atoms with Crippen LogP contribution in [0.25, 0.3) is 0 Å². The Hall–Kier alpha value is -1.06. The molecule has 0 aromatic carbocycles. The van der Waals surface area contributed by atoms with E-state index in [9.17, 15) is 0 Å². The van der Waals surface area contributed by atoms with Gasteiger partial charge < -0.3 is 19.8 Å². The van der Waals surface area contributed by atoms with Gasteiger partial charge in [-0.15, -0.1) is 30.6 Å². The van der Waals surface area contributed by atoms with E-state index in [1.54, 1.807) is 0 Å². The molecule has 2 rings (SSSR count). The second-order valence-corrected chi connectivity index (χ2v) is 5.50. The summed E-state index contributed by atoms with van der Waals surface area (Å²) < 4.78 is 11.3. The highest BCUT2D eigenvalue weighted by atomic mass is 127. The quantitative estimate of drug-likeness (QED) is 0.290. The molecule has 24 heavy (non-hydrogen) atoms. The molecule has 1 aliphatic heterocycles. The monoisotopic (exact) mass is 448 g/mol. The van der Waals surface area contributed by atoms with Crippen molar-refractivity contribution in [2.24, 2.45) is 4.99 Å². The van der Waals surface area contributed by atoms with E-state index in [1.807, 2.05) is 19.1 Å². The van der Waals surface area contributed by atoms with Crippen molar-refractivity contribution >= 4 is 29.9 Å². The SMILES string of the molecule is C=CCNC(=NCC(c1ccc(C)o1)N1CCOCC1)NCC.I. The third-order valence-electron chi connectivity index (χ3n) is 3.76. The van der Waals surface area contributed by atoms with Crippen molar-refractivity contribution in [1.82, 2.24) is 15.5 Å². The maximum absolute atomic E-state index is 5.86. The summed E-state index contributed by atoms with van der Waals surface area (Å²) in [5.74, 6) is 2.69. The molecule has 6 nitrogen and oxygen atoms in total. The number of halogens is 1. The van der Waals surface area contributed by atoms with Crippen LogP contribution >= 0.6 is 24.0 Å². The number of guanidine groups is 1. The first-order chi connectivity index (χ1) is 11.2. The molecule has 2 N–H and O–H groups in total. The van der Waals surface area contributed by atoms with Crippen molar-refractivity contribution in [3.05, 3.63) is 36.3 Å². The molecule has 1 aromatic heterocycles. The topological polar surface area (TPSA) is 62.0 Å². The molecule has 1 atom stereocenters. The Labute approximate surface area is 161 Å². The lowest BCUT2D eigenvalue weighted by Gasteiger charge is -2.32. The second kappa shape index (κ2) is 11.5. The Balaban J connectivity index is 0.00000288. The zero-order valence-corrected chi connectivity index (χ0v) is 16.9. The lowest BCUT2D eigenvalue weighted by Crippen LogP contribution is -2.41. The summed E-state index contributed by atoms with van der Waals surface area (Å²) in [5, 5.41) is 6.48. The minimum absolute atomic E-state index is 0. The molecule has 0 radical (unpaired) electrons. The Bertz CT molecular complexity index is 512. The number of nitrogens with one attached hydrogen (secondary N) is 2. The highest BCUT2D eigenvalue weighted by Crippen LogP contribution is 2.24. The normalized spacial score (nSPS) is 17.0. The van der Waals surface area contributed by atoms with Gasteiger partial charge in [0, 0.05) is 26.2 Å². The zero-order chi connectivity index (χ0) is 16.5. The fourth-order valence-corrected chi connectivity index (χ4v) is 2.60. The first-order valence-corrected chi connectivity index (χ1v) is 8.25. The third-order valence-corrected chi connectivity index (χ3v) is 3.76. The van der Waals surface area contributed by atoms with Gasteiger partial charge in [-0.05, 0) is 26.0 Å². The van der Waals surface area contributed by atoms with Crippen molar-refractivity contribution < 1.29 is 9.15 Å². The van der Waals surface area contributed by atoms with Gasteiger partial charge >= 0.3 is 0 Å². The molecule has 1 aliphatic rings. The summed E-state index contributed by atoms with van der Waals surface area (Å²) in [6.07, 6.45) is 1.82. The Morgan fingerprint density at radius 2 is 2.12 bits per heavy atom. The van der Waals surface area contributed by atoms with Crippen LogP contribution in [0.2, 0.25) is 0 Å². The van der Waals surface area contributed by atoms with E-state index in [1.165, 1.54) is 0 Å². The molecule has 0 spiro atoms. The largest absolute Gasteiger partial charge is 0.465 e. The molecule has 7 heteroatoms. The predicted octanol–water partition coefficient (Wildman–Crippen LogP) is 2.32. The second-order valence-electron chi connectivity index (χ2n) is 5.50. The predicted molar refractivity (Wildman–Crippen MR) is 108 cm³/mol. The van der Waals surface area contributed by atoms with Gasteiger partial charge in [0.15, 0.2) is 5.96 Å². The van der Waals surface area contributed by atoms with Gasteiger partial charge in [0.1, 0.15) is 11.5 Å². The van der Waals surface area contributed by atoms with Crippen molar-refractivity contribution in [1.29, 1.82) is 0 Å². The number of nitrogens with zero attached hydrogens (tertiary/aromatic N) is 2. The number of ether oxygens (including phenoxy) is 1. The van der Waals surface area contributed by atoms with Crippen LogP contribution in [0.5, 0.6) is 0 Å². The van der Waals surface area contributed by atoms with E-state index < -0.39 is 0 Å². The van der Waals surface area contributed by atoms with Crippen LogP contribution in [0.15, 0.2) is 34.2 Å². The average Bonchev–Trinajstić information content (AvgIpc) is 3.00. The summed E-state index contributed by atoms with van der Waals surface area (Å²) in [4.78, 5) is 7.09. The van der Waals surface area contributed by atoms with Gasteiger partial charge in [0.05, 0.1) is 25.8 Å². The fourth-order valence-electron chi connectivity index (χ4n) is 2.60. The molecule has 0 aliphatic carbocycles. The Morgan fingerprint density at radius 3 is 2.71 bits per heavy atom. The molecule has 136 valence electrons. The van der Waals surface area contributed by atoms with Crippen LogP contribution < -0.4 is 10.6 Å². The number of hydrogen-bond acceptors (Lipinski definition) is 4. The van der Waals surface area contributed by atoms with Gasteiger partial charge in [0.25, 0.3) is 0 Å². The highest BCUT2D eigenvalue weighted by molar-refractivity contribution is 14.0. The first-order valence-electron chi connectivity index (χ1n) is 8.25. The van der Waals surface area contributed by atoms with Crippen LogP contribution in [0, 0.1) is 6.92 Å². The summed E-state index contributed by atoms with van der Waals surface area (Å²) in [6.45, 7) is 13.2. The molecule has 1 saturated heterocycles. The maximum Gasteiger partial charge on any atom is 0.191 e. The number of furan rings is 1. The molecule has 1 unspecified atom stereocenters. The minimum Gasteiger partial charge on any atom is -0.465 e. The number of rotatable bonds is 7. The zero-order valence-electron chi connectivity index (χ0n) is 14.6. The molecular formula is C17H29IN4O2. The standard InChI is InChI=1S/C17H28N4O2.HI/c1-4-8-19-17(18-5-2)20-13-15(16-7-6-14(3)23-16)21-9-11-22-12-10-21;/h4,6-7,15H,1,5,8-13H2,2-3H3,(H2,18,19,20);1H. The lowest BCUT2D eigenvalue weighted by atomic mass is 10.1. The summed E-state index contributed by atoms with van der Waals surface area (Å²) in [7, 11) is 0. The molecule has 2 heterocycles. The van der Waals surface area contributed by atoms with E-state index in [4.69, 9.17) is 14.1 Å². The number of aryl methyl sites for hydroxylation is 1. The molecule has 1 aromatic rings. The number of hydrogen-bond donors (Lipinski definition) is 2. The highest BCUT2D eigenvalue weighted by Gasteiger charge is 2.25. The van der Waals surface area contributed by atoms with Crippen LogP contribution in [0.3, 0.4) is 0 Å². The smallest absolute Gasteiger partial charge is 0.191 e. The molecule has 0 amide bonds. The van der Waals surface area contributed by atoms with E-state index in [2.05, 4.69) is 35.1 Å². The third kappa shape index (κ3) is 6.45. The van der Waals surface area contributed by atoms with Crippen molar-refractivity contribution in [2.75, 3.05) is 45.9 Å². The van der Waals surface area contributed by atoms with Crippen LogP contribution in [-0.4, -0.2) is 56.8 Å². The Morgan fingerprint density at radius 1 is 1.38 bits per heavy atom. The number of morpholine rings is 1. The van der Waals surface area contributed by atoms with Crippen LogP contribution in [-0.2, 0) is 4.74 Å². The molecule has 0 bridgehead atoms. The van der Waals surface area contributed by atoms with Gasteiger partial charge in [-0.3, -0.25) is 9.89 Å². The average molecular weight is 448 g/mol. The van der Waals surface area contributed by atoms with Crippen molar-refractivity contribution in [3.63, 3.8) is 0 Å². The Kier molecular flexibility index (Phi) is 10.0. The van der Waals surface area contributed by atoms with E-state index in [0.717, 1.165) is 50.3 Å².